The van der Waals surface area contributed by atoms with Gasteiger partial charge < -0.3 is 10.2 Å². The van der Waals surface area contributed by atoms with Gasteiger partial charge in [0.15, 0.2) is 0 Å². The van der Waals surface area contributed by atoms with Gasteiger partial charge in [-0.2, -0.15) is 5.10 Å². The summed E-state index contributed by atoms with van der Waals surface area (Å²) >= 11 is 12.2. The molecule has 0 radical (unpaired) electrons. The number of halogens is 3. The third-order valence-corrected chi connectivity index (χ3v) is 4.60. The second-order valence-electron chi connectivity index (χ2n) is 4.64. The molecule has 0 aliphatic heterocycles. The molecule has 0 spiro atoms. The van der Waals surface area contributed by atoms with Crippen molar-refractivity contribution in [2.45, 2.75) is 6.92 Å². The van der Waals surface area contributed by atoms with E-state index in [1.165, 1.54) is 12.3 Å². The number of hydrogen-bond donors (Lipinski definition) is 3. The lowest BCUT2D eigenvalue weighted by Crippen LogP contribution is -2.18. The number of carbonyl (C=O) groups is 1. The fourth-order valence-corrected chi connectivity index (χ4v) is 3.21. The van der Waals surface area contributed by atoms with Crippen LogP contribution in [0.5, 0.6) is 11.5 Å². The Hall–Kier alpha value is -1.57. The van der Waals surface area contributed by atoms with Crippen LogP contribution in [0.2, 0.25) is 5.02 Å². The van der Waals surface area contributed by atoms with Crippen LogP contribution >= 0.6 is 43.5 Å². The number of hydrazone groups is 1. The fourth-order valence-electron chi connectivity index (χ4n) is 1.74. The predicted molar refractivity (Wildman–Crippen MR) is 96.4 cm³/mol. The van der Waals surface area contributed by atoms with Gasteiger partial charge in [0, 0.05) is 5.56 Å². The SMILES string of the molecule is Cc1ccc(C(=O)NN=Cc2cc(Br)c(O)c(Br)c2O)c(Cl)c1. The number of phenolic OH excluding ortho intramolecular Hbond substituents is 2. The Morgan fingerprint density at radius 2 is 1.96 bits per heavy atom. The highest BCUT2D eigenvalue weighted by molar-refractivity contribution is 9.11. The Balaban J connectivity index is 2.18. The minimum absolute atomic E-state index is 0.126. The molecule has 2 aromatic carbocycles. The van der Waals surface area contributed by atoms with Gasteiger partial charge in [-0.15, -0.1) is 0 Å². The van der Waals surface area contributed by atoms with E-state index in [0.29, 0.717) is 20.6 Å². The number of aryl methyl sites for hydroxylation is 1. The molecule has 2 rings (SSSR count). The molecule has 8 heteroatoms. The molecule has 0 aliphatic rings. The first kappa shape index (κ1) is 17.8. The smallest absolute Gasteiger partial charge is 0.272 e. The number of rotatable bonds is 3. The third-order valence-electron chi connectivity index (χ3n) is 2.94. The van der Waals surface area contributed by atoms with E-state index in [-0.39, 0.29) is 16.0 Å². The van der Waals surface area contributed by atoms with Crippen molar-refractivity contribution in [1.29, 1.82) is 0 Å². The topological polar surface area (TPSA) is 81.9 Å². The van der Waals surface area contributed by atoms with Crippen LogP contribution in [0.4, 0.5) is 0 Å². The maximum absolute atomic E-state index is 12.0. The first-order valence-corrected chi connectivity index (χ1v) is 8.27. The second kappa shape index (κ2) is 7.33. The van der Waals surface area contributed by atoms with Crippen molar-refractivity contribution >= 4 is 55.6 Å². The van der Waals surface area contributed by atoms with Gasteiger partial charge in [-0.05, 0) is 62.5 Å². The van der Waals surface area contributed by atoms with Crippen LogP contribution in [0, 0.1) is 6.92 Å². The fraction of sp³-hybridized carbons (Fsp3) is 0.0667. The van der Waals surface area contributed by atoms with Crippen LogP contribution in [0.3, 0.4) is 0 Å². The summed E-state index contributed by atoms with van der Waals surface area (Å²) in [6, 6.07) is 6.52. The quantitative estimate of drug-likeness (QED) is 0.469. The molecular weight excluding hydrogens is 451 g/mol. The number of hydrogen-bond acceptors (Lipinski definition) is 4. The van der Waals surface area contributed by atoms with E-state index in [1.54, 1.807) is 18.2 Å². The largest absolute Gasteiger partial charge is 0.506 e. The molecule has 0 aromatic heterocycles. The van der Waals surface area contributed by atoms with Gasteiger partial charge in [0.25, 0.3) is 5.91 Å². The molecule has 5 nitrogen and oxygen atoms in total. The van der Waals surface area contributed by atoms with E-state index in [2.05, 4.69) is 42.4 Å². The third kappa shape index (κ3) is 4.04. The van der Waals surface area contributed by atoms with E-state index < -0.39 is 5.91 Å². The summed E-state index contributed by atoms with van der Waals surface area (Å²) in [5.41, 5.74) is 3.87. The van der Waals surface area contributed by atoms with Gasteiger partial charge in [-0.25, -0.2) is 5.43 Å². The van der Waals surface area contributed by atoms with Gasteiger partial charge in [-0.3, -0.25) is 4.79 Å². The Morgan fingerprint density at radius 1 is 1.26 bits per heavy atom. The van der Waals surface area contributed by atoms with Crippen molar-refractivity contribution in [1.82, 2.24) is 5.43 Å². The molecule has 0 atom stereocenters. The molecule has 23 heavy (non-hydrogen) atoms. The normalized spacial score (nSPS) is 11.0. The van der Waals surface area contributed by atoms with Crippen molar-refractivity contribution in [3.05, 3.63) is 54.9 Å². The second-order valence-corrected chi connectivity index (χ2v) is 6.70. The first-order valence-electron chi connectivity index (χ1n) is 6.30. The van der Waals surface area contributed by atoms with Crippen LogP contribution in [0.15, 0.2) is 38.3 Å². The number of nitrogens with one attached hydrogen (secondary N) is 1. The summed E-state index contributed by atoms with van der Waals surface area (Å²) in [5.74, 6) is -0.796. The van der Waals surface area contributed by atoms with E-state index >= 15 is 0 Å². The standard InChI is InChI=1S/C15H11Br2ClN2O3/c1-7-2-3-9(11(18)4-7)15(23)20-19-6-8-5-10(16)14(22)12(17)13(8)21/h2-6,21-22H,1H3,(H,20,23). The number of aromatic hydroxyl groups is 2. The Bertz CT molecular complexity index is 810. The summed E-state index contributed by atoms with van der Waals surface area (Å²) < 4.78 is 0.498. The minimum Gasteiger partial charge on any atom is -0.506 e. The maximum Gasteiger partial charge on any atom is 0.272 e. The summed E-state index contributed by atoms with van der Waals surface area (Å²) in [6.45, 7) is 1.87. The number of carbonyl (C=O) groups excluding carboxylic acids is 1. The number of amides is 1. The molecule has 0 unspecified atom stereocenters. The van der Waals surface area contributed by atoms with Crippen LogP contribution in [-0.4, -0.2) is 22.3 Å². The molecule has 0 heterocycles. The van der Waals surface area contributed by atoms with E-state index in [0.717, 1.165) is 5.56 Å². The van der Waals surface area contributed by atoms with Gasteiger partial charge in [-0.1, -0.05) is 17.7 Å². The van der Waals surface area contributed by atoms with E-state index in [4.69, 9.17) is 11.6 Å². The molecule has 0 saturated heterocycles. The van der Waals surface area contributed by atoms with Crippen molar-refractivity contribution in [3.8, 4) is 11.5 Å². The number of nitrogens with zero attached hydrogens (tertiary/aromatic N) is 1. The molecule has 3 N–H and O–H groups in total. The van der Waals surface area contributed by atoms with E-state index in [1.807, 2.05) is 6.92 Å². The summed E-state index contributed by atoms with van der Waals surface area (Å²) in [6.07, 6.45) is 1.25. The summed E-state index contributed by atoms with van der Waals surface area (Å²) in [5, 5.41) is 23.7. The van der Waals surface area contributed by atoms with Crippen LogP contribution in [0.25, 0.3) is 0 Å². The lowest BCUT2D eigenvalue weighted by atomic mass is 10.1. The zero-order chi connectivity index (χ0) is 17.1. The molecule has 0 fully saturated rings. The van der Waals surface area contributed by atoms with Gasteiger partial charge in [0.1, 0.15) is 16.0 Å². The van der Waals surface area contributed by atoms with Gasteiger partial charge in [0.05, 0.1) is 21.3 Å². The predicted octanol–water partition coefficient (Wildman–Crippen LogP) is 4.35. The minimum atomic E-state index is -0.470. The van der Waals surface area contributed by atoms with Crippen molar-refractivity contribution in [3.63, 3.8) is 0 Å². The molecule has 120 valence electrons. The van der Waals surface area contributed by atoms with Crippen molar-refractivity contribution < 1.29 is 15.0 Å². The highest BCUT2D eigenvalue weighted by Crippen LogP contribution is 2.40. The highest BCUT2D eigenvalue weighted by atomic mass is 79.9. The number of benzene rings is 2. The van der Waals surface area contributed by atoms with Gasteiger partial charge >= 0.3 is 0 Å². The maximum atomic E-state index is 12.0. The monoisotopic (exact) mass is 460 g/mol. The Kier molecular flexibility index (Phi) is 5.67. The molecule has 2 aromatic rings. The van der Waals surface area contributed by atoms with Crippen molar-refractivity contribution in [2.75, 3.05) is 0 Å². The molecule has 0 aliphatic carbocycles. The molecule has 0 bridgehead atoms. The highest BCUT2D eigenvalue weighted by Gasteiger charge is 2.13. The van der Waals surface area contributed by atoms with Crippen molar-refractivity contribution in [2.24, 2.45) is 5.10 Å². The molecule has 0 saturated carbocycles. The Labute approximate surface area is 154 Å². The average molecular weight is 463 g/mol. The van der Waals surface area contributed by atoms with E-state index in [9.17, 15) is 15.0 Å². The lowest BCUT2D eigenvalue weighted by Gasteiger charge is -2.06. The number of phenols is 2. The Morgan fingerprint density at radius 3 is 2.61 bits per heavy atom. The molecular formula is C15H11Br2ClN2O3. The zero-order valence-electron chi connectivity index (χ0n) is 11.8. The summed E-state index contributed by atoms with van der Waals surface area (Å²) in [4.78, 5) is 12.0. The van der Waals surface area contributed by atoms with Crippen LogP contribution in [-0.2, 0) is 0 Å². The lowest BCUT2D eigenvalue weighted by molar-refractivity contribution is 0.0955. The van der Waals surface area contributed by atoms with Gasteiger partial charge in [0.2, 0.25) is 0 Å². The van der Waals surface area contributed by atoms with Crippen LogP contribution < -0.4 is 5.43 Å². The average Bonchev–Trinajstić information content (AvgIpc) is 2.50. The first-order chi connectivity index (χ1) is 10.8. The van der Waals surface area contributed by atoms with Crippen LogP contribution in [0.1, 0.15) is 21.5 Å². The zero-order valence-corrected chi connectivity index (χ0v) is 15.7. The summed E-state index contributed by atoms with van der Waals surface area (Å²) in [7, 11) is 0. The molecule has 1 amide bonds.